The number of rotatable bonds is 11. The molecule has 1 aliphatic rings. The molecule has 1 fully saturated rings. The van der Waals surface area contributed by atoms with Crippen LogP contribution in [0.15, 0.2) is 40.4 Å². The molecule has 10 heteroatoms. The maximum Gasteiger partial charge on any atom is 0.335 e. The average Bonchev–Trinajstić information content (AvgIpc) is 2.86. The van der Waals surface area contributed by atoms with Gasteiger partial charge in [-0.3, -0.25) is 14.9 Å². The number of imide groups is 2. The Kier molecular flexibility index (Phi) is 9.35. The van der Waals surface area contributed by atoms with Gasteiger partial charge in [-0.1, -0.05) is 29.8 Å². The molecular weight excluding hydrogens is 532 g/mol. The van der Waals surface area contributed by atoms with Gasteiger partial charge in [0.2, 0.25) is 0 Å². The molecular formula is C26H29BrN2O7. The Bertz CT molecular complexity index is 1180. The van der Waals surface area contributed by atoms with Crippen LogP contribution < -0.4 is 29.2 Å². The van der Waals surface area contributed by atoms with E-state index in [0.29, 0.717) is 52.9 Å². The van der Waals surface area contributed by atoms with Crippen molar-refractivity contribution in [3.63, 3.8) is 0 Å². The first-order valence-electron chi connectivity index (χ1n) is 11.7. The second-order valence-electron chi connectivity index (χ2n) is 7.74. The fourth-order valence-corrected chi connectivity index (χ4v) is 3.87. The molecule has 0 saturated carbocycles. The van der Waals surface area contributed by atoms with Crippen LogP contribution in [0.2, 0.25) is 0 Å². The predicted molar refractivity (Wildman–Crippen MR) is 139 cm³/mol. The highest BCUT2D eigenvalue weighted by molar-refractivity contribution is 9.10. The maximum absolute atomic E-state index is 13.4. The summed E-state index contributed by atoms with van der Waals surface area (Å²) in [5.41, 5.74) is 0.523. The molecule has 192 valence electrons. The number of amides is 4. The minimum Gasteiger partial charge on any atom is -0.493 e. The van der Waals surface area contributed by atoms with Crippen molar-refractivity contribution in [2.24, 2.45) is 0 Å². The van der Waals surface area contributed by atoms with Crippen LogP contribution in [0, 0.1) is 0 Å². The van der Waals surface area contributed by atoms with Crippen molar-refractivity contribution in [3.05, 3.63) is 45.9 Å². The lowest BCUT2D eigenvalue weighted by Gasteiger charge is -2.27. The number of methoxy groups -OCH3 is 1. The zero-order valence-electron chi connectivity index (χ0n) is 20.7. The summed E-state index contributed by atoms with van der Waals surface area (Å²) in [5.74, 6) is 0.288. The normalized spacial score (nSPS) is 14.6. The summed E-state index contributed by atoms with van der Waals surface area (Å²) in [5, 5.41) is 2.23. The number of hydrogen-bond acceptors (Lipinski definition) is 7. The molecule has 2 aromatic rings. The summed E-state index contributed by atoms with van der Waals surface area (Å²) < 4.78 is 23.1. The molecule has 0 radical (unpaired) electrons. The fraction of sp³-hybridized carbons (Fsp3) is 0.346. The van der Waals surface area contributed by atoms with E-state index < -0.39 is 17.8 Å². The minimum atomic E-state index is -0.858. The maximum atomic E-state index is 13.4. The molecule has 1 heterocycles. The highest BCUT2D eigenvalue weighted by atomic mass is 79.9. The third kappa shape index (κ3) is 5.99. The molecule has 1 saturated heterocycles. The number of nitrogens with one attached hydrogen (secondary N) is 1. The molecule has 9 nitrogen and oxygen atoms in total. The lowest BCUT2D eigenvalue weighted by Crippen LogP contribution is -2.54. The van der Waals surface area contributed by atoms with Crippen LogP contribution in [0.3, 0.4) is 0 Å². The van der Waals surface area contributed by atoms with E-state index in [1.54, 1.807) is 24.3 Å². The molecule has 0 aromatic heterocycles. The third-order valence-electron chi connectivity index (χ3n) is 5.09. The van der Waals surface area contributed by atoms with Gasteiger partial charge in [0.05, 0.1) is 32.6 Å². The Morgan fingerprint density at radius 2 is 1.56 bits per heavy atom. The molecule has 3 rings (SSSR count). The summed E-state index contributed by atoms with van der Waals surface area (Å²) in [6, 6.07) is 7.23. The van der Waals surface area contributed by atoms with Crippen LogP contribution in [0.4, 0.5) is 10.5 Å². The number of barbiturate groups is 1. The largest absolute Gasteiger partial charge is 0.493 e. The van der Waals surface area contributed by atoms with Gasteiger partial charge in [-0.25, -0.2) is 9.69 Å². The second-order valence-corrected chi connectivity index (χ2v) is 8.60. The Balaban J connectivity index is 2.00. The van der Waals surface area contributed by atoms with Gasteiger partial charge in [-0.15, -0.1) is 0 Å². The molecule has 36 heavy (non-hydrogen) atoms. The smallest absolute Gasteiger partial charge is 0.335 e. The summed E-state index contributed by atoms with van der Waals surface area (Å²) in [4.78, 5) is 39.6. The number of ether oxygens (including phenoxy) is 4. The number of halogens is 1. The Morgan fingerprint density at radius 3 is 2.19 bits per heavy atom. The molecule has 0 bridgehead atoms. The van der Waals surface area contributed by atoms with Gasteiger partial charge in [-0.2, -0.15) is 0 Å². The van der Waals surface area contributed by atoms with Crippen LogP contribution in [0.1, 0.15) is 39.2 Å². The lowest BCUT2D eigenvalue weighted by atomic mass is 10.1. The highest BCUT2D eigenvalue weighted by Gasteiger charge is 2.37. The number of carbonyl (C=O) groups excluding carboxylic acids is 3. The average molecular weight is 561 g/mol. The topological polar surface area (TPSA) is 103 Å². The number of hydrogen-bond donors (Lipinski definition) is 1. The molecule has 0 aliphatic carbocycles. The van der Waals surface area contributed by atoms with Gasteiger partial charge in [0.15, 0.2) is 23.0 Å². The number of carbonyl (C=O) groups is 3. The number of benzene rings is 2. The van der Waals surface area contributed by atoms with Gasteiger partial charge in [0, 0.05) is 10.5 Å². The molecule has 0 atom stereocenters. The van der Waals surface area contributed by atoms with Crippen molar-refractivity contribution in [3.8, 4) is 23.0 Å². The second kappa shape index (κ2) is 12.4. The van der Waals surface area contributed by atoms with Crippen molar-refractivity contribution in [1.82, 2.24) is 5.32 Å². The third-order valence-corrected chi connectivity index (χ3v) is 5.78. The lowest BCUT2D eigenvalue weighted by molar-refractivity contribution is -0.122. The van der Waals surface area contributed by atoms with E-state index in [1.165, 1.54) is 19.3 Å². The molecule has 2 aromatic carbocycles. The van der Waals surface area contributed by atoms with Gasteiger partial charge in [0.1, 0.15) is 5.57 Å². The monoisotopic (exact) mass is 560 g/mol. The van der Waals surface area contributed by atoms with E-state index in [9.17, 15) is 14.4 Å². The van der Waals surface area contributed by atoms with Gasteiger partial charge in [0.25, 0.3) is 11.8 Å². The summed E-state index contributed by atoms with van der Waals surface area (Å²) >= 11 is 3.48. The number of nitrogens with zero attached hydrogens (tertiary/aromatic N) is 1. The van der Waals surface area contributed by atoms with Gasteiger partial charge >= 0.3 is 6.03 Å². The molecule has 4 amide bonds. The van der Waals surface area contributed by atoms with Crippen molar-refractivity contribution >= 4 is 45.5 Å². The van der Waals surface area contributed by atoms with E-state index in [0.717, 1.165) is 17.7 Å². The zero-order valence-corrected chi connectivity index (χ0v) is 22.3. The standard InChI is InChI=1S/C26H29BrN2O7/c1-5-10-35-20-9-8-17(14-21(20)33-4)29-25(31)18(24(30)28-26(29)32)12-16-13-22(34-7-3)23(15-19(16)27)36-11-6-2/h8-9,12-15H,5-7,10-11H2,1-4H3,(H,28,30,32)/b18-12-. The highest BCUT2D eigenvalue weighted by Crippen LogP contribution is 2.36. The Hall–Kier alpha value is -3.53. The van der Waals surface area contributed by atoms with E-state index in [4.69, 9.17) is 18.9 Å². The summed E-state index contributed by atoms with van der Waals surface area (Å²) in [7, 11) is 1.46. The van der Waals surface area contributed by atoms with Crippen molar-refractivity contribution in [1.29, 1.82) is 0 Å². The van der Waals surface area contributed by atoms with Crippen molar-refractivity contribution < 1.29 is 33.3 Å². The predicted octanol–water partition coefficient (Wildman–Crippen LogP) is 5.10. The SMILES string of the molecule is CCCOc1ccc(N2C(=O)NC(=O)/C(=C/c3cc(OCC)c(OCCC)cc3Br)C2=O)cc1OC. The number of urea groups is 1. The zero-order chi connectivity index (χ0) is 26.2. The molecule has 1 N–H and O–H groups in total. The molecule has 0 unspecified atom stereocenters. The van der Waals surface area contributed by atoms with E-state index in [2.05, 4.69) is 21.2 Å². The van der Waals surface area contributed by atoms with Crippen LogP contribution in [0.5, 0.6) is 23.0 Å². The van der Waals surface area contributed by atoms with Crippen molar-refractivity contribution in [2.45, 2.75) is 33.6 Å². The first-order chi connectivity index (χ1) is 17.3. The molecule has 1 aliphatic heterocycles. The van der Waals surface area contributed by atoms with Crippen LogP contribution >= 0.6 is 15.9 Å². The Morgan fingerprint density at radius 1 is 0.889 bits per heavy atom. The van der Waals surface area contributed by atoms with Gasteiger partial charge < -0.3 is 18.9 Å². The first-order valence-corrected chi connectivity index (χ1v) is 12.4. The van der Waals surface area contributed by atoms with Crippen LogP contribution in [0.25, 0.3) is 6.08 Å². The van der Waals surface area contributed by atoms with E-state index >= 15 is 0 Å². The van der Waals surface area contributed by atoms with Crippen LogP contribution in [-0.4, -0.2) is 44.8 Å². The Labute approximate surface area is 218 Å². The first kappa shape index (κ1) is 27.1. The van der Waals surface area contributed by atoms with E-state index in [1.807, 2.05) is 20.8 Å². The van der Waals surface area contributed by atoms with Crippen LogP contribution in [-0.2, 0) is 9.59 Å². The fourth-order valence-electron chi connectivity index (χ4n) is 3.43. The molecule has 0 spiro atoms. The quantitative estimate of drug-likeness (QED) is 0.301. The minimum absolute atomic E-state index is 0.217. The number of anilines is 1. The van der Waals surface area contributed by atoms with Crippen molar-refractivity contribution in [2.75, 3.05) is 31.8 Å². The summed E-state index contributed by atoms with van der Waals surface area (Å²) in [6.07, 6.45) is 3.04. The van der Waals surface area contributed by atoms with E-state index in [-0.39, 0.29) is 11.3 Å². The van der Waals surface area contributed by atoms with Gasteiger partial charge in [-0.05, 0) is 55.7 Å². The summed E-state index contributed by atoms with van der Waals surface area (Å²) in [6.45, 7) is 7.22.